The lowest BCUT2D eigenvalue weighted by Gasteiger charge is -2.15. The third-order valence-electron chi connectivity index (χ3n) is 3.97. The topological polar surface area (TPSA) is 75.3 Å². The summed E-state index contributed by atoms with van der Waals surface area (Å²) in [5, 5.41) is 3.67. The van der Waals surface area contributed by atoms with Crippen molar-refractivity contribution in [1.29, 1.82) is 0 Å². The van der Waals surface area contributed by atoms with Gasteiger partial charge in [0.25, 0.3) is 0 Å². The minimum Gasteiger partial charge on any atom is -0.320 e. The summed E-state index contributed by atoms with van der Waals surface area (Å²) < 4.78 is 54.6. The molecule has 0 fully saturated rings. The molecule has 0 saturated heterocycles. The van der Waals surface area contributed by atoms with Crippen molar-refractivity contribution in [3.05, 3.63) is 72.3 Å². The van der Waals surface area contributed by atoms with Gasteiger partial charge in [0.1, 0.15) is 17.3 Å². The van der Waals surface area contributed by atoms with Gasteiger partial charge in [-0.15, -0.1) is 0 Å². The van der Waals surface area contributed by atoms with E-state index in [1.54, 1.807) is 18.2 Å². The lowest BCUT2D eigenvalue weighted by molar-refractivity contribution is -0.117. The van der Waals surface area contributed by atoms with Gasteiger partial charge in [-0.25, -0.2) is 17.2 Å². The van der Waals surface area contributed by atoms with Gasteiger partial charge in [-0.05, 0) is 42.0 Å². The predicted molar refractivity (Wildman–Crippen MR) is 98.7 cm³/mol. The van der Waals surface area contributed by atoms with E-state index in [0.29, 0.717) is 0 Å². The van der Waals surface area contributed by atoms with E-state index in [-0.39, 0.29) is 4.90 Å². The summed E-state index contributed by atoms with van der Waals surface area (Å²) in [6.45, 7) is 1.28. The molecule has 0 aliphatic heterocycles. The molecule has 1 atom stereocenters. The first kappa shape index (κ1) is 18.9. The van der Waals surface area contributed by atoms with Gasteiger partial charge < -0.3 is 5.32 Å². The molecule has 0 bridgehead atoms. The predicted octanol–water partition coefficient (Wildman–Crippen LogP) is 3.42. The number of amides is 1. The van der Waals surface area contributed by atoms with Gasteiger partial charge in [-0.1, -0.05) is 36.4 Å². The van der Waals surface area contributed by atoms with Gasteiger partial charge in [0.05, 0.1) is 10.9 Å². The Morgan fingerprint density at radius 2 is 1.56 bits per heavy atom. The van der Waals surface area contributed by atoms with E-state index >= 15 is 0 Å². The molecule has 3 aromatic rings. The fourth-order valence-electron chi connectivity index (χ4n) is 2.54. The molecule has 0 unspecified atom stereocenters. The van der Waals surface area contributed by atoms with E-state index < -0.39 is 39.3 Å². The summed E-state index contributed by atoms with van der Waals surface area (Å²) in [4.78, 5) is 12.2. The largest absolute Gasteiger partial charge is 0.320 e. The highest BCUT2D eigenvalue weighted by molar-refractivity contribution is 7.89. The number of fused-ring (bicyclic) bond motifs is 1. The molecule has 3 rings (SSSR count). The van der Waals surface area contributed by atoms with Crippen molar-refractivity contribution in [3.63, 3.8) is 0 Å². The number of nitrogens with one attached hydrogen (secondary N) is 2. The van der Waals surface area contributed by atoms with Gasteiger partial charge in [-0.2, -0.15) is 4.72 Å². The van der Waals surface area contributed by atoms with Crippen molar-refractivity contribution >= 4 is 32.4 Å². The Morgan fingerprint density at radius 3 is 2.22 bits per heavy atom. The second-order valence-electron chi connectivity index (χ2n) is 5.94. The summed E-state index contributed by atoms with van der Waals surface area (Å²) in [7, 11) is -4.01. The number of para-hydroxylation sites is 1. The minimum absolute atomic E-state index is 0.0158. The lowest BCUT2D eigenvalue weighted by atomic mass is 10.1. The van der Waals surface area contributed by atoms with E-state index in [0.717, 1.165) is 29.0 Å². The van der Waals surface area contributed by atoms with Crippen LogP contribution >= 0.6 is 0 Å². The van der Waals surface area contributed by atoms with Gasteiger partial charge in [0.2, 0.25) is 15.9 Å². The van der Waals surface area contributed by atoms with Gasteiger partial charge in [0.15, 0.2) is 0 Å². The number of anilines is 1. The zero-order valence-electron chi connectivity index (χ0n) is 14.2. The molecule has 2 N–H and O–H groups in total. The van der Waals surface area contributed by atoms with E-state index in [2.05, 4.69) is 10.0 Å². The summed E-state index contributed by atoms with van der Waals surface area (Å²) >= 11 is 0. The average Bonchev–Trinajstić information content (AvgIpc) is 2.64. The molecule has 0 spiro atoms. The van der Waals surface area contributed by atoms with Crippen molar-refractivity contribution < 1.29 is 22.0 Å². The highest BCUT2D eigenvalue weighted by atomic mass is 32.2. The fourth-order valence-corrected chi connectivity index (χ4v) is 3.78. The number of hydrogen-bond acceptors (Lipinski definition) is 3. The molecule has 3 aromatic carbocycles. The number of carbonyl (C=O) groups is 1. The smallest absolute Gasteiger partial charge is 0.242 e. The van der Waals surface area contributed by atoms with Crippen LogP contribution in [0.2, 0.25) is 0 Å². The van der Waals surface area contributed by atoms with Crippen LogP contribution < -0.4 is 10.0 Å². The molecule has 0 heterocycles. The molecule has 0 aliphatic carbocycles. The van der Waals surface area contributed by atoms with E-state index in [1.807, 2.05) is 12.1 Å². The Kier molecular flexibility index (Phi) is 5.20. The first-order valence-corrected chi connectivity index (χ1v) is 9.52. The first-order chi connectivity index (χ1) is 12.8. The van der Waals surface area contributed by atoms with Crippen LogP contribution in [0.3, 0.4) is 0 Å². The number of carbonyl (C=O) groups excluding carboxylic acids is 1. The molecule has 27 heavy (non-hydrogen) atoms. The van der Waals surface area contributed by atoms with Crippen LogP contribution in [0.1, 0.15) is 6.92 Å². The van der Waals surface area contributed by atoms with Crippen LogP contribution in [0.25, 0.3) is 10.8 Å². The second-order valence-corrected chi connectivity index (χ2v) is 7.65. The average molecular weight is 390 g/mol. The minimum atomic E-state index is -4.01. The fraction of sp³-hybridized carbons (Fsp3) is 0.105. The quantitative estimate of drug-likeness (QED) is 0.701. The first-order valence-electron chi connectivity index (χ1n) is 8.04. The monoisotopic (exact) mass is 390 g/mol. The molecule has 1 amide bonds. The van der Waals surface area contributed by atoms with Gasteiger partial charge >= 0.3 is 0 Å². The third kappa shape index (κ3) is 4.12. The molecule has 5 nitrogen and oxygen atoms in total. The number of rotatable bonds is 5. The number of benzene rings is 3. The van der Waals surface area contributed by atoms with E-state index in [9.17, 15) is 22.0 Å². The molecule has 0 aliphatic rings. The van der Waals surface area contributed by atoms with Crippen molar-refractivity contribution in [2.45, 2.75) is 17.9 Å². The molecule has 0 saturated carbocycles. The number of halogens is 2. The SMILES string of the molecule is C[C@H](NS(=O)(=O)c1ccc2ccccc2c1)C(=O)Nc1c(F)cccc1F. The Balaban J connectivity index is 1.78. The van der Waals surface area contributed by atoms with Crippen LogP contribution in [0, 0.1) is 11.6 Å². The summed E-state index contributed by atoms with van der Waals surface area (Å²) in [6.07, 6.45) is 0. The zero-order chi connectivity index (χ0) is 19.6. The highest BCUT2D eigenvalue weighted by Crippen LogP contribution is 2.20. The third-order valence-corrected chi connectivity index (χ3v) is 5.51. The van der Waals surface area contributed by atoms with Crippen LogP contribution in [0.15, 0.2) is 65.6 Å². The normalized spacial score (nSPS) is 12.7. The Bertz CT molecular complexity index is 1100. The van der Waals surface area contributed by atoms with Gasteiger partial charge in [-0.3, -0.25) is 4.79 Å². The van der Waals surface area contributed by atoms with Crippen molar-refractivity contribution in [1.82, 2.24) is 4.72 Å². The highest BCUT2D eigenvalue weighted by Gasteiger charge is 2.23. The summed E-state index contributed by atoms with van der Waals surface area (Å²) in [5.74, 6) is -2.79. The van der Waals surface area contributed by atoms with Crippen LogP contribution in [0.4, 0.5) is 14.5 Å². The van der Waals surface area contributed by atoms with Crippen molar-refractivity contribution in [2.24, 2.45) is 0 Å². The van der Waals surface area contributed by atoms with Crippen molar-refractivity contribution in [3.8, 4) is 0 Å². The summed E-state index contributed by atoms with van der Waals surface area (Å²) in [6, 6.07) is 13.7. The molecular weight excluding hydrogens is 374 g/mol. The number of hydrogen-bond donors (Lipinski definition) is 2. The van der Waals surface area contributed by atoms with E-state index in [4.69, 9.17) is 0 Å². The summed E-state index contributed by atoms with van der Waals surface area (Å²) in [5.41, 5.74) is -0.626. The molecule has 8 heteroatoms. The molecule has 0 aromatic heterocycles. The Morgan fingerprint density at radius 1 is 0.926 bits per heavy atom. The molecule has 0 radical (unpaired) electrons. The zero-order valence-corrected chi connectivity index (χ0v) is 15.1. The standard InChI is InChI=1S/C19H16F2N2O3S/c1-12(19(24)22-18-16(20)7-4-8-17(18)21)23-27(25,26)15-10-9-13-5-2-3-6-14(13)11-15/h2-12,23H,1H3,(H,22,24)/t12-/m0/s1. The van der Waals surface area contributed by atoms with Crippen LogP contribution in [0.5, 0.6) is 0 Å². The van der Waals surface area contributed by atoms with Crippen LogP contribution in [-0.2, 0) is 14.8 Å². The van der Waals surface area contributed by atoms with E-state index in [1.165, 1.54) is 19.1 Å². The van der Waals surface area contributed by atoms with Crippen LogP contribution in [-0.4, -0.2) is 20.4 Å². The Labute approximate surface area is 155 Å². The number of sulfonamides is 1. The lowest BCUT2D eigenvalue weighted by Crippen LogP contribution is -2.41. The second kappa shape index (κ2) is 7.42. The maximum absolute atomic E-state index is 13.6. The Hall–Kier alpha value is -2.84. The molecule has 140 valence electrons. The van der Waals surface area contributed by atoms with Gasteiger partial charge in [0, 0.05) is 0 Å². The maximum Gasteiger partial charge on any atom is 0.242 e. The molecular formula is C19H16F2N2O3S. The van der Waals surface area contributed by atoms with Crippen molar-refractivity contribution in [2.75, 3.05) is 5.32 Å². The maximum atomic E-state index is 13.6.